The Morgan fingerprint density at radius 2 is 1.62 bits per heavy atom. The average molecular weight is 215 g/mol. The molecule has 0 aliphatic rings. The summed E-state index contributed by atoms with van der Waals surface area (Å²) in [5.74, 6) is 0. The molecule has 0 unspecified atom stereocenters. The third-order valence-corrected chi connectivity index (χ3v) is 3.41. The Bertz CT molecular complexity index is 246. The molecule has 0 saturated heterocycles. The summed E-state index contributed by atoms with van der Waals surface area (Å²) in [4.78, 5) is -1.52. The van der Waals surface area contributed by atoms with E-state index in [-0.39, 0.29) is 0 Å². The van der Waals surface area contributed by atoms with Crippen molar-refractivity contribution in [1.29, 1.82) is 0 Å². The fourth-order valence-electron chi connectivity index (χ4n) is 0.780. The molecular weight excluding hydrogens is 202 g/mol. The van der Waals surface area contributed by atoms with Crippen molar-refractivity contribution in [2.24, 2.45) is 0 Å². The summed E-state index contributed by atoms with van der Waals surface area (Å²) in [5, 5.41) is 26.1. The number of aliphatic hydroxyl groups excluding tert-OH is 3. The third kappa shape index (κ3) is 2.16. The van der Waals surface area contributed by atoms with Gasteiger partial charge in [0.2, 0.25) is 0 Å². The second-order valence-corrected chi connectivity index (χ2v) is 4.29. The van der Waals surface area contributed by atoms with Crippen LogP contribution in [0, 0.1) is 0 Å². The van der Waals surface area contributed by atoms with Crippen LogP contribution in [0.4, 0.5) is 0 Å². The van der Waals surface area contributed by atoms with Crippen molar-refractivity contribution < 1.29 is 28.3 Å². The van der Waals surface area contributed by atoms with E-state index in [1.54, 1.807) is 0 Å². The molecule has 0 spiro atoms. The number of likely N-dealkylation sites (N-methyl/N-ethyl adjacent to an activating group) is 1. The number of aliphatic hydroxyl groups is 3. The zero-order chi connectivity index (χ0) is 10.7. The monoisotopic (exact) mass is 215 g/mol. The Hall–Kier alpha value is -0.250. The highest BCUT2D eigenvalue weighted by molar-refractivity contribution is 7.87. The fourth-order valence-corrected chi connectivity index (χ4v) is 1.56. The summed E-state index contributed by atoms with van der Waals surface area (Å²) in [7, 11) is -3.53. The second-order valence-electron chi connectivity index (χ2n) is 2.58. The molecular formula is C5H13NO6S. The molecule has 0 aliphatic carbocycles. The molecule has 7 nitrogen and oxygen atoms in total. The molecule has 13 heavy (non-hydrogen) atoms. The Kier molecular flexibility index (Phi) is 4.23. The van der Waals surface area contributed by atoms with E-state index >= 15 is 0 Å². The molecule has 0 amide bonds. The van der Waals surface area contributed by atoms with E-state index in [9.17, 15) is 8.42 Å². The van der Waals surface area contributed by atoms with Crippen molar-refractivity contribution >= 4 is 10.1 Å². The first-order chi connectivity index (χ1) is 5.85. The maximum atomic E-state index is 10.8. The number of nitrogens with zero attached hydrogens (tertiary/aromatic N) is 1. The zero-order valence-corrected chi connectivity index (χ0v) is 7.90. The van der Waals surface area contributed by atoms with Crippen LogP contribution in [0.5, 0.6) is 0 Å². The molecule has 0 aliphatic heterocycles. The molecule has 0 rings (SSSR count). The minimum atomic E-state index is -4.67. The maximum Gasteiger partial charge on any atom is 0.289 e. The van der Waals surface area contributed by atoms with Gasteiger partial charge in [-0.15, -0.1) is 0 Å². The highest BCUT2D eigenvalue weighted by Crippen LogP contribution is 2.18. The van der Waals surface area contributed by atoms with Crippen LogP contribution in [0.1, 0.15) is 0 Å². The largest absolute Gasteiger partial charge is 0.393 e. The van der Waals surface area contributed by atoms with E-state index in [2.05, 4.69) is 0 Å². The maximum absolute atomic E-state index is 10.8. The quantitative estimate of drug-likeness (QED) is 0.294. The second kappa shape index (κ2) is 4.31. The van der Waals surface area contributed by atoms with Gasteiger partial charge in [-0.3, -0.25) is 9.45 Å². The van der Waals surface area contributed by atoms with Gasteiger partial charge in [0, 0.05) is 0 Å². The fraction of sp³-hybridized carbons (Fsp3) is 1.00. The Balaban J connectivity index is 5.16. The van der Waals surface area contributed by atoms with Crippen LogP contribution in [-0.4, -0.2) is 65.1 Å². The van der Waals surface area contributed by atoms with Crippen LogP contribution in [0.3, 0.4) is 0 Å². The summed E-state index contributed by atoms with van der Waals surface area (Å²) in [6, 6.07) is 0. The van der Waals surface area contributed by atoms with Crippen molar-refractivity contribution in [1.82, 2.24) is 4.90 Å². The van der Waals surface area contributed by atoms with Gasteiger partial charge in [-0.1, -0.05) is 0 Å². The molecule has 0 aromatic rings. The number of hydrogen-bond acceptors (Lipinski definition) is 6. The summed E-state index contributed by atoms with van der Waals surface area (Å²) >= 11 is 0. The molecule has 8 heteroatoms. The minimum Gasteiger partial charge on any atom is -0.393 e. The van der Waals surface area contributed by atoms with Crippen LogP contribution >= 0.6 is 0 Å². The molecule has 0 fully saturated rings. The number of hydrogen-bond donors (Lipinski definition) is 4. The van der Waals surface area contributed by atoms with Crippen LogP contribution in [0.2, 0.25) is 0 Å². The van der Waals surface area contributed by atoms with Gasteiger partial charge in [0.15, 0.2) is 4.87 Å². The van der Waals surface area contributed by atoms with Crippen molar-refractivity contribution in [3.63, 3.8) is 0 Å². The summed E-state index contributed by atoms with van der Waals surface area (Å²) < 4.78 is 30.3. The normalized spacial score (nSPS) is 13.7. The SMILES string of the molecule is CN(CO)C(CO)(CO)S(=O)(=O)O. The Morgan fingerprint density at radius 1 is 1.23 bits per heavy atom. The van der Waals surface area contributed by atoms with Crippen LogP contribution in [0.25, 0.3) is 0 Å². The molecule has 0 aromatic heterocycles. The molecule has 0 heterocycles. The summed E-state index contributed by atoms with van der Waals surface area (Å²) in [6.07, 6.45) is 0. The van der Waals surface area contributed by atoms with Gasteiger partial charge in [0.25, 0.3) is 10.1 Å². The Morgan fingerprint density at radius 3 is 1.69 bits per heavy atom. The van der Waals surface area contributed by atoms with Crippen LogP contribution in [0.15, 0.2) is 0 Å². The van der Waals surface area contributed by atoms with Gasteiger partial charge in [-0.05, 0) is 7.05 Å². The van der Waals surface area contributed by atoms with E-state index in [0.717, 1.165) is 11.9 Å². The van der Waals surface area contributed by atoms with Crippen molar-refractivity contribution in [2.45, 2.75) is 4.87 Å². The predicted octanol–water partition coefficient (Wildman–Crippen LogP) is -2.56. The van der Waals surface area contributed by atoms with Crippen LogP contribution in [-0.2, 0) is 10.1 Å². The summed E-state index contributed by atoms with van der Waals surface area (Å²) in [6.45, 7) is -2.75. The first-order valence-corrected chi connectivity index (χ1v) is 4.80. The van der Waals surface area contributed by atoms with E-state index in [1.807, 2.05) is 0 Å². The lowest BCUT2D eigenvalue weighted by molar-refractivity contribution is 0.00334. The summed E-state index contributed by atoms with van der Waals surface area (Å²) in [5.41, 5.74) is 0. The van der Waals surface area contributed by atoms with E-state index in [0.29, 0.717) is 0 Å². The smallest absolute Gasteiger partial charge is 0.289 e. The van der Waals surface area contributed by atoms with Gasteiger partial charge in [-0.25, -0.2) is 0 Å². The van der Waals surface area contributed by atoms with Gasteiger partial charge >= 0.3 is 0 Å². The van der Waals surface area contributed by atoms with Crippen molar-refractivity contribution in [3.05, 3.63) is 0 Å². The molecule has 4 N–H and O–H groups in total. The standard InChI is InChI=1S/C5H13NO6S/c1-6(4-9)5(2-7,3-8)13(10,11)12/h7-9H,2-4H2,1H3,(H,10,11,12). The molecule has 0 atom stereocenters. The third-order valence-electron chi connectivity index (χ3n) is 1.88. The first kappa shape index (κ1) is 12.8. The Labute approximate surface area is 76.0 Å². The molecule has 0 saturated carbocycles. The molecule has 0 bridgehead atoms. The molecule has 0 radical (unpaired) electrons. The zero-order valence-electron chi connectivity index (χ0n) is 7.08. The predicted molar refractivity (Wildman–Crippen MR) is 43.3 cm³/mol. The topological polar surface area (TPSA) is 118 Å². The average Bonchev–Trinajstić information content (AvgIpc) is 2.04. The lowest BCUT2D eigenvalue weighted by Gasteiger charge is -2.34. The van der Waals surface area contributed by atoms with E-state index in [1.165, 1.54) is 0 Å². The van der Waals surface area contributed by atoms with Gasteiger partial charge in [0.1, 0.15) is 0 Å². The molecule has 80 valence electrons. The van der Waals surface area contributed by atoms with Gasteiger partial charge in [0.05, 0.1) is 19.9 Å². The lowest BCUT2D eigenvalue weighted by atomic mass is 10.3. The first-order valence-electron chi connectivity index (χ1n) is 3.36. The highest BCUT2D eigenvalue weighted by Gasteiger charge is 2.45. The van der Waals surface area contributed by atoms with Gasteiger partial charge < -0.3 is 15.3 Å². The lowest BCUT2D eigenvalue weighted by Crippen LogP contribution is -2.58. The highest BCUT2D eigenvalue weighted by atomic mass is 32.2. The van der Waals surface area contributed by atoms with E-state index < -0.39 is 34.9 Å². The molecule has 0 aromatic carbocycles. The minimum absolute atomic E-state index is 0.721. The van der Waals surface area contributed by atoms with Crippen molar-refractivity contribution in [2.75, 3.05) is 27.0 Å². The number of rotatable bonds is 5. The van der Waals surface area contributed by atoms with Gasteiger partial charge in [-0.2, -0.15) is 8.42 Å². The van der Waals surface area contributed by atoms with Crippen molar-refractivity contribution in [3.8, 4) is 0 Å². The van der Waals surface area contributed by atoms with Crippen LogP contribution < -0.4 is 0 Å². The van der Waals surface area contributed by atoms with E-state index in [4.69, 9.17) is 19.9 Å².